The SMILES string of the molecule is CCC(C(=O)Nc1ccc(Cl)c(Cl)c1)N(c1ccc(OC)cc1)S(C)(=O)=O. The number of halogens is 2. The van der Waals surface area contributed by atoms with E-state index in [4.69, 9.17) is 27.9 Å². The number of hydrogen-bond acceptors (Lipinski definition) is 4. The highest BCUT2D eigenvalue weighted by Crippen LogP contribution is 2.27. The lowest BCUT2D eigenvalue weighted by atomic mass is 10.1. The summed E-state index contributed by atoms with van der Waals surface area (Å²) in [6.07, 6.45) is 1.33. The van der Waals surface area contributed by atoms with Crippen LogP contribution in [0.4, 0.5) is 11.4 Å². The molecule has 9 heteroatoms. The van der Waals surface area contributed by atoms with Crippen LogP contribution >= 0.6 is 23.2 Å². The van der Waals surface area contributed by atoms with Gasteiger partial charge in [-0.05, 0) is 48.9 Å². The van der Waals surface area contributed by atoms with Gasteiger partial charge in [-0.2, -0.15) is 0 Å². The van der Waals surface area contributed by atoms with Crippen molar-refractivity contribution >= 4 is 50.5 Å². The van der Waals surface area contributed by atoms with Gasteiger partial charge in [0.15, 0.2) is 0 Å². The molecule has 27 heavy (non-hydrogen) atoms. The first-order valence-electron chi connectivity index (χ1n) is 8.06. The highest BCUT2D eigenvalue weighted by atomic mass is 35.5. The maximum atomic E-state index is 12.8. The van der Waals surface area contributed by atoms with E-state index >= 15 is 0 Å². The minimum absolute atomic E-state index is 0.270. The number of nitrogens with zero attached hydrogens (tertiary/aromatic N) is 1. The normalized spacial score (nSPS) is 12.3. The van der Waals surface area contributed by atoms with E-state index in [1.165, 1.54) is 13.2 Å². The lowest BCUT2D eigenvalue weighted by Gasteiger charge is -2.30. The topological polar surface area (TPSA) is 75.7 Å². The highest BCUT2D eigenvalue weighted by Gasteiger charge is 2.31. The monoisotopic (exact) mass is 430 g/mol. The Bertz CT molecular complexity index is 917. The quantitative estimate of drug-likeness (QED) is 0.714. The molecule has 0 saturated carbocycles. The zero-order valence-electron chi connectivity index (χ0n) is 15.1. The van der Waals surface area contributed by atoms with Gasteiger partial charge in [0.1, 0.15) is 11.8 Å². The molecular weight excluding hydrogens is 411 g/mol. The fourth-order valence-electron chi connectivity index (χ4n) is 2.59. The van der Waals surface area contributed by atoms with E-state index in [1.807, 2.05) is 0 Å². The Morgan fingerprint density at radius 1 is 1.15 bits per heavy atom. The van der Waals surface area contributed by atoms with Crippen LogP contribution in [0.1, 0.15) is 13.3 Å². The lowest BCUT2D eigenvalue weighted by molar-refractivity contribution is -0.117. The Balaban J connectivity index is 2.35. The summed E-state index contributed by atoms with van der Waals surface area (Å²) in [5.74, 6) is 0.109. The third-order valence-electron chi connectivity index (χ3n) is 3.84. The second kappa shape index (κ2) is 8.82. The predicted octanol–water partition coefficient (Wildman–Crippen LogP) is 4.19. The first-order valence-corrected chi connectivity index (χ1v) is 10.7. The number of nitrogens with one attached hydrogen (secondary N) is 1. The van der Waals surface area contributed by atoms with Crippen LogP contribution in [-0.4, -0.2) is 33.7 Å². The molecule has 6 nitrogen and oxygen atoms in total. The molecule has 2 rings (SSSR count). The molecule has 1 atom stereocenters. The van der Waals surface area contributed by atoms with Crippen molar-refractivity contribution in [1.82, 2.24) is 0 Å². The molecule has 2 aromatic carbocycles. The van der Waals surface area contributed by atoms with Gasteiger partial charge in [0, 0.05) is 5.69 Å². The van der Waals surface area contributed by atoms with Crippen LogP contribution in [0.25, 0.3) is 0 Å². The van der Waals surface area contributed by atoms with Gasteiger partial charge in [-0.25, -0.2) is 8.42 Å². The minimum atomic E-state index is -3.72. The molecule has 0 heterocycles. The van der Waals surface area contributed by atoms with Crippen LogP contribution in [0.5, 0.6) is 5.75 Å². The van der Waals surface area contributed by atoms with E-state index in [2.05, 4.69) is 5.32 Å². The molecule has 0 fully saturated rings. The molecule has 1 amide bonds. The molecule has 2 aromatic rings. The van der Waals surface area contributed by atoms with Crippen LogP contribution in [0.3, 0.4) is 0 Å². The maximum Gasteiger partial charge on any atom is 0.248 e. The summed E-state index contributed by atoms with van der Waals surface area (Å²) < 4.78 is 31.0. The highest BCUT2D eigenvalue weighted by molar-refractivity contribution is 7.92. The summed E-state index contributed by atoms with van der Waals surface area (Å²) in [7, 11) is -2.20. The van der Waals surface area contributed by atoms with E-state index < -0.39 is 22.0 Å². The third kappa shape index (κ3) is 5.28. The molecule has 0 bridgehead atoms. The number of benzene rings is 2. The number of rotatable bonds is 7. The molecule has 0 aliphatic carbocycles. The summed E-state index contributed by atoms with van der Waals surface area (Å²) in [5, 5.41) is 3.34. The number of sulfonamides is 1. The average molecular weight is 431 g/mol. The number of amides is 1. The van der Waals surface area contributed by atoms with E-state index in [0.29, 0.717) is 22.1 Å². The first kappa shape index (κ1) is 21.3. The molecule has 1 unspecified atom stereocenters. The van der Waals surface area contributed by atoms with Gasteiger partial charge in [0.25, 0.3) is 0 Å². The predicted molar refractivity (Wildman–Crippen MR) is 109 cm³/mol. The zero-order chi connectivity index (χ0) is 20.2. The second-order valence-electron chi connectivity index (χ2n) is 5.80. The standard InChI is InChI=1S/C18H20Cl2N2O4S/c1-4-17(18(23)21-12-5-10-15(19)16(20)11-12)22(27(3,24)25)13-6-8-14(26-2)9-7-13/h5-11,17H,4H2,1-3H3,(H,21,23). The molecular formula is C18H20Cl2N2O4S. The number of methoxy groups -OCH3 is 1. The molecule has 0 radical (unpaired) electrons. The van der Waals surface area contributed by atoms with Crippen molar-refractivity contribution in [3.05, 3.63) is 52.5 Å². The maximum absolute atomic E-state index is 12.8. The smallest absolute Gasteiger partial charge is 0.248 e. The van der Waals surface area contributed by atoms with Gasteiger partial charge in [0.2, 0.25) is 15.9 Å². The number of ether oxygens (including phenoxy) is 1. The van der Waals surface area contributed by atoms with Crippen molar-refractivity contribution < 1.29 is 17.9 Å². The van der Waals surface area contributed by atoms with E-state index in [0.717, 1.165) is 10.6 Å². The average Bonchev–Trinajstić information content (AvgIpc) is 2.61. The van der Waals surface area contributed by atoms with E-state index in [-0.39, 0.29) is 11.4 Å². The zero-order valence-corrected chi connectivity index (χ0v) is 17.4. The van der Waals surface area contributed by atoms with Crippen molar-refractivity contribution in [1.29, 1.82) is 0 Å². The number of hydrogen-bond donors (Lipinski definition) is 1. The number of carbonyl (C=O) groups excluding carboxylic acids is 1. The molecule has 0 spiro atoms. The van der Waals surface area contributed by atoms with Crippen molar-refractivity contribution in [2.75, 3.05) is 23.0 Å². The lowest BCUT2D eigenvalue weighted by Crippen LogP contribution is -2.47. The van der Waals surface area contributed by atoms with Gasteiger partial charge in [-0.3, -0.25) is 9.10 Å². The van der Waals surface area contributed by atoms with Crippen LogP contribution in [0.15, 0.2) is 42.5 Å². The Morgan fingerprint density at radius 3 is 2.26 bits per heavy atom. The summed E-state index contributed by atoms with van der Waals surface area (Å²) in [4.78, 5) is 12.8. The Morgan fingerprint density at radius 2 is 1.78 bits per heavy atom. The van der Waals surface area contributed by atoms with Crippen molar-refractivity contribution in [2.45, 2.75) is 19.4 Å². The molecule has 1 N–H and O–H groups in total. The number of anilines is 2. The summed E-state index contributed by atoms with van der Waals surface area (Å²) in [6.45, 7) is 1.74. The molecule has 0 aromatic heterocycles. The summed E-state index contributed by atoms with van der Waals surface area (Å²) in [6, 6.07) is 10.2. The fourth-order valence-corrected chi connectivity index (χ4v) is 4.10. The van der Waals surface area contributed by atoms with E-state index in [9.17, 15) is 13.2 Å². The van der Waals surface area contributed by atoms with Crippen LogP contribution in [-0.2, 0) is 14.8 Å². The largest absolute Gasteiger partial charge is 0.497 e. The minimum Gasteiger partial charge on any atom is -0.497 e. The summed E-state index contributed by atoms with van der Waals surface area (Å²) in [5.41, 5.74) is 0.797. The molecule has 146 valence electrons. The summed E-state index contributed by atoms with van der Waals surface area (Å²) >= 11 is 11.8. The molecule has 0 aliphatic heterocycles. The Hall–Kier alpha value is -1.96. The first-order chi connectivity index (χ1) is 12.7. The Kier molecular flexibility index (Phi) is 6.97. The Labute approximate surface area is 169 Å². The van der Waals surface area contributed by atoms with Crippen molar-refractivity contribution in [2.24, 2.45) is 0 Å². The van der Waals surface area contributed by atoms with Crippen LogP contribution < -0.4 is 14.4 Å². The van der Waals surface area contributed by atoms with Crippen molar-refractivity contribution in [3.63, 3.8) is 0 Å². The van der Waals surface area contributed by atoms with E-state index in [1.54, 1.807) is 43.3 Å². The van der Waals surface area contributed by atoms with Crippen molar-refractivity contribution in [3.8, 4) is 5.75 Å². The van der Waals surface area contributed by atoms with Crippen LogP contribution in [0.2, 0.25) is 10.0 Å². The van der Waals surface area contributed by atoms with Gasteiger partial charge in [0.05, 0.1) is 29.1 Å². The third-order valence-corrected chi connectivity index (χ3v) is 5.76. The molecule has 0 aliphatic rings. The van der Waals surface area contributed by atoms with Gasteiger partial charge >= 0.3 is 0 Å². The fraction of sp³-hybridized carbons (Fsp3) is 0.278. The molecule has 0 saturated heterocycles. The van der Waals surface area contributed by atoms with Gasteiger partial charge in [-0.15, -0.1) is 0 Å². The van der Waals surface area contributed by atoms with Crippen LogP contribution in [0, 0.1) is 0 Å². The van der Waals surface area contributed by atoms with Gasteiger partial charge < -0.3 is 10.1 Å². The number of carbonyl (C=O) groups is 1. The van der Waals surface area contributed by atoms with Gasteiger partial charge in [-0.1, -0.05) is 30.1 Å². The second-order valence-corrected chi connectivity index (χ2v) is 8.47.